The zero-order chi connectivity index (χ0) is 19.1. The van der Waals surface area contributed by atoms with E-state index in [0.29, 0.717) is 25.2 Å². The summed E-state index contributed by atoms with van der Waals surface area (Å²) in [5.74, 6) is -2.77. The van der Waals surface area contributed by atoms with Crippen LogP contribution in [0, 0.1) is 45.8 Å². The number of aliphatic hydroxyl groups excluding tert-OH is 2. The van der Waals surface area contributed by atoms with Crippen molar-refractivity contribution in [3.8, 4) is 0 Å². The van der Waals surface area contributed by atoms with Crippen molar-refractivity contribution in [1.82, 2.24) is 0 Å². The standard InChI is InChI=1S/C20H30O6/c1-18-6-5-13(22)19(2,17(25)26)15(18)14(16(23)24)20-7-10(3-4-12(18)20)11(8-20)9-21/h10-15,21-22H,3-9H2,1-2H3,(H,23,24)(H,25,26). The lowest BCUT2D eigenvalue weighted by atomic mass is 9.52. The summed E-state index contributed by atoms with van der Waals surface area (Å²) in [6.07, 6.45) is 3.39. The molecule has 4 saturated carbocycles. The Hall–Kier alpha value is -1.14. The van der Waals surface area contributed by atoms with Crippen molar-refractivity contribution in [1.29, 1.82) is 0 Å². The Balaban J connectivity index is 1.91. The predicted molar refractivity (Wildman–Crippen MR) is 92.2 cm³/mol. The predicted octanol–water partition coefficient (Wildman–Crippen LogP) is 1.98. The number of aliphatic hydroxyl groups is 2. The molecular formula is C20H30O6. The van der Waals surface area contributed by atoms with Gasteiger partial charge in [-0.25, -0.2) is 0 Å². The minimum atomic E-state index is -1.45. The highest BCUT2D eigenvalue weighted by Gasteiger charge is 2.76. The van der Waals surface area contributed by atoms with E-state index in [2.05, 4.69) is 6.92 Å². The maximum absolute atomic E-state index is 12.5. The number of aliphatic carboxylic acids is 2. The molecule has 0 saturated heterocycles. The summed E-state index contributed by atoms with van der Waals surface area (Å²) >= 11 is 0. The number of rotatable bonds is 3. The van der Waals surface area contributed by atoms with Crippen molar-refractivity contribution >= 4 is 11.9 Å². The average molecular weight is 366 g/mol. The van der Waals surface area contributed by atoms with Gasteiger partial charge in [0.1, 0.15) is 0 Å². The van der Waals surface area contributed by atoms with Gasteiger partial charge in [-0.15, -0.1) is 0 Å². The van der Waals surface area contributed by atoms with Crippen LogP contribution in [0.15, 0.2) is 0 Å². The second-order valence-corrected chi connectivity index (χ2v) is 9.92. The lowest BCUT2D eigenvalue weighted by Gasteiger charge is -2.52. The van der Waals surface area contributed by atoms with Crippen molar-refractivity contribution in [3.05, 3.63) is 0 Å². The van der Waals surface area contributed by atoms with Gasteiger partial charge in [0.2, 0.25) is 0 Å². The van der Waals surface area contributed by atoms with Crippen LogP contribution in [-0.4, -0.2) is 45.1 Å². The molecule has 0 heterocycles. The normalized spacial score (nSPS) is 55.2. The van der Waals surface area contributed by atoms with E-state index in [0.717, 1.165) is 19.3 Å². The molecule has 4 rings (SSSR count). The third kappa shape index (κ3) is 1.90. The smallest absolute Gasteiger partial charge is 0.312 e. The van der Waals surface area contributed by atoms with Gasteiger partial charge in [-0.05, 0) is 80.0 Å². The van der Waals surface area contributed by atoms with E-state index >= 15 is 0 Å². The van der Waals surface area contributed by atoms with Crippen LogP contribution < -0.4 is 0 Å². The van der Waals surface area contributed by atoms with E-state index in [1.807, 2.05) is 0 Å². The largest absolute Gasteiger partial charge is 0.481 e. The minimum Gasteiger partial charge on any atom is -0.481 e. The van der Waals surface area contributed by atoms with Crippen molar-refractivity contribution in [2.75, 3.05) is 6.61 Å². The third-order valence-corrected chi connectivity index (χ3v) is 9.19. The molecule has 2 bridgehead atoms. The van der Waals surface area contributed by atoms with Crippen molar-refractivity contribution < 1.29 is 30.0 Å². The van der Waals surface area contributed by atoms with Crippen LogP contribution in [0.5, 0.6) is 0 Å². The first-order chi connectivity index (χ1) is 12.1. The van der Waals surface area contributed by atoms with E-state index in [1.54, 1.807) is 6.92 Å². The van der Waals surface area contributed by atoms with Gasteiger partial charge < -0.3 is 20.4 Å². The number of hydrogen-bond acceptors (Lipinski definition) is 4. The molecule has 0 aromatic rings. The quantitative estimate of drug-likeness (QED) is 0.607. The highest BCUT2D eigenvalue weighted by molar-refractivity contribution is 5.80. The molecule has 9 atom stereocenters. The summed E-state index contributed by atoms with van der Waals surface area (Å²) in [6, 6.07) is 0. The Bertz CT molecular complexity index is 648. The average Bonchev–Trinajstić information content (AvgIpc) is 2.99. The Morgan fingerprint density at radius 3 is 2.35 bits per heavy atom. The number of carboxylic acid groups (broad SMARTS) is 2. The van der Waals surface area contributed by atoms with E-state index in [1.165, 1.54) is 0 Å². The fourth-order valence-corrected chi connectivity index (χ4v) is 8.26. The molecule has 0 radical (unpaired) electrons. The SMILES string of the molecule is CC12CCC(O)C(C)(C(=O)O)C1C(C(=O)O)C13CC(CO)C(CCC21)C3. The lowest BCUT2D eigenvalue weighted by Crippen LogP contribution is -2.57. The summed E-state index contributed by atoms with van der Waals surface area (Å²) in [7, 11) is 0. The van der Waals surface area contributed by atoms with Crippen LogP contribution in [-0.2, 0) is 9.59 Å². The second-order valence-electron chi connectivity index (χ2n) is 9.92. The fourth-order valence-electron chi connectivity index (χ4n) is 8.26. The molecule has 4 N–H and O–H groups in total. The molecule has 26 heavy (non-hydrogen) atoms. The summed E-state index contributed by atoms with van der Waals surface area (Å²) in [5.41, 5.74) is -2.29. The highest BCUT2D eigenvalue weighted by atomic mass is 16.4. The summed E-state index contributed by atoms with van der Waals surface area (Å²) in [5, 5.41) is 40.8. The van der Waals surface area contributed by atoms with Gasteiger partial charge in [0, 0.05) is 6.61 Å². The highest BCUT2D eigenvalue weighted by Crippen LogP contribution is 2.77. The molecule has 1 spiro atoms. The molecule has 4 aliphatic carbocycles. The number of hydrogen-bond donors (Lipinski definition) is 4. The number of carboxylic acids is 2. The fraction of sp³-hybridized carbons (Fsp3) is 0.900. The number of fused-ring (bicyclic) bond motifs is 3. The molecule has 4 aliphatic rings. The van der Waals surface area contributed by atoms with Gasteiger partial charge in [0.15, 0.2) is 0 Å². The molecule has 9 unspecified atom stereocenters. The van der Waals surface area contributed by atoms with Crippen molar-refractivity contribution in [2.24, 2.45) is 45.8 Å². The first-order valence-electron chi connectivity index (χ1n) is 9.88. The van der Waals surface area contributed by atoms with Crippen LogP contribution in [0.25, 0.3) is 0 Å². The molecule has 0 amide bonds. The molecule has 4 fully saturated rings. The molecule has 146 valence electrons. The van der Waals surface area contributed by atoms with Crippen LogP contribution in [0.3, 0.4) is 0 Å². The van der Waals surface area contributed by atoms with E-state index < -0.39 is 46.1 Å². The first kappa shape index (κ1) is 18.2. The Labute approximate surface area is 153 Å². The summed E-state index contributed by atoms with van der Waals surface area (Å²) in [6.45, 7) is 3.71. The van der Waals surface area contributed by atoms with Crippen LogP contribution >= 0.6 is 0 Å². The van der Waals surface area contributed by atoms with Crippen LogP contribution in [0.2, 0.25) is 0 Å². The maximum Gasteiger partial charge on any atom is 0.312 e. The second kappa shape index (κ2) is 5.44. The lowest BCUT2D eigenvalue weighted by molar-refractivity contribution is -0.182. The zero-order valence-electron chi connectivity index (χ0n) is 15.5. The van der Waals surface area contributed by atoms with E-state index in [4.69, 9.17) is 0 Å². The molecule has 6 heteroatoms. The summed E-state index contributed by atoms with van der Waals surface area (Å²) in [4.78, 5) is 24.8. The number of carbonyl (C=O) groups is 2. The topological polar surface area (TPSA) is 115 Å². The molecular weight excluding hydrogens is 336 g/mol. The molecule has 0 aromatic heterocycles. The van der Waals surface area contributed by atoms with Crippen molar-refractivity contribution in [2.45, 2.75) is 58.5 Å². The van der Waals surface area contributed by atoms with Gasteiger partial charge >= 0.3 is 11.9 Å². The maximum atomic E-state index is 12.5. The van der Waals surface area contributed by atoms with Gasteiger partial charge in [0.05, 0.1) is 17.4 Å². The van der Waals surface area contributed by atoms with E-state index in [9.17, 15) is 30.0 Å². The molecule has 0 aromatic carbocycles. The monoisotopic (exact) mass is 366 g/mol. The first-order valence-corrected chi connectivity index (χ1v) is 9.88. The minimum absolute atomic E-state index is 0.0751. The Morgan fingerprint density at radius 1 is 1.08 bits per heavy atom. The zero-order valence-corrected chi connectivity index (χ0v) is 15.5. The van der Waals surface area contributed by atoms with Gasteiger partial charge in [0.25, 0.3) is 0 Å². The molecule has 0 aliphatic heterocycles. The van der Waals surface area contributed by atoms with Gasteiger partial charge in [-0.1, -0.05) is 6.92 Å². The van der Waals surface area contributed by atoms with Crippen LogP contribution in [0.4, 0.5) is 0 Å². The Kier molecular flexibility index (Phi) is 3.82. The third-order valence-electron chi connectivity index (χ3n) is 9.19. The van der Waals surface area contributed by atoms with Crippen LogP contribution in [0.1, 0.15) is 52.4 Å². The van der Waals surface area contributed by atoms with E-state index in [-0.39, 0.29) is 18.4 Å². The summed E-state index contributed by atoms with van der Waals surface area (Å²) < 4.78 is 0. The molecule has 6 nitrogen and oxygen atoms in total. The van der Waals surface area contributed by atoms with Crippen molar-refractivity contribution in [3.63, 3.8) is 0 Å². The van der Waals surface area contributed by atoms with Gasteiger partial charge in [-0.3, -0.25) is 9.59 Å². The Morgan fingerprint density at radius 2 is 1.77 bits per heavy atom. The van der Waals surface area contributed by atoms with Gasteiger partial charge in [-0.2, -0.15) is 0 Å².